The molecule has 23 heavy (non-hydrogen) atoms. The first-order valence-corrected chi connectivity index (χ1v) is 8.44. The fraction of sp³-hybridized carbons (Fsp3) is 0.176. The van der Waals surface area contributed by atoms with Crippen LogP contribution in [0.2, 0.25) is 0 Å². The number of sulfone groups is 1. The Labute approximate surface area is 135 Å². The molecule has 0 saturated heterocycles. The van der Waals surface area contributed by atoms with Gasteiger partial charge in [-0.2, -0.15) is 0 Å². The first kappa shape index (κ1) is 17.1. The number of rotatable bonds is 7. The van der Waals surface area contributed by atoms with E-state index in [9.17, 15) is 8.42 Å². The molecule has 122 valence electrons. The second-order valence-electron chi connectivity index (χ2n) is 4.82. The number of aliphatic hydroxyl groups excluding tert-OH is 1. The first-order chi connectivity index (χ1) is 10.9. The molecule has 0 aliphatic rings. The van der Waals surface area contributed by atoms with Gasteiger partial charge in [-0.15, -0.1) is 0 Å². The predicted molar refractivity (Wildman–Crippen MR) is 86.4 cm³/mol. The van der Waals surface area contributed by atoms with Gasteiger partial charge in [0.25, 0.3) is 0 Å². The maximum absolute atomic E-state index is 12.6. The van der Waals surface area contributed by atoms with E-state index >= 15 is 0 Å². The zero-order valence-corrected chi connectivity index (χ0v) is 13.5. The van der Waals surface area contributed by atoms with Gasteiger partial charge in [-0.25, -0.2) is 8.42 Å². The third-order valence-electron chi connectivity index (χ3n) is 2.92. The van der Waals surface area contributed by atoms with Crippen LogP contribution in [-0.4, -0.2) is 26.7 Å². The van der Waals surface area contributed by atoms with Gasteiger partial charge in [0.15, 0.2) is 0 Å². The Kier molecular flexibility index (Phi) is 5.41. The fourth-order valence-electron chi connectivity index (χ4n) is 1.90. The summed E-state index contributed by atoms with van der Waals surface area (Å²) >= 11 is 0. The zero-order chi connectivity index (χ0) is 16.9. The van der Waals surface area contributed by atoms with E-state index < -0.39 is 9.84 Å². The molecule has 0 aliphatic carbocycles. The summed E-state index contributed by atoms with van der Waals surface area (Å²) in [5.74, 6) is 1.56. The van der Waals surface area contributed by atoms with Crippen LogP contribution in [0, 0.1) is 0 Å². The molecule has 5 nitrogen and oxygen atoms in total. The summed E-state index contributed by atoms with van der Waals surface area (Å²) in [5, 5.41) is 8.70. The van der Waals surface area contributed by atoms with E-state index in [4.69, 9.17) is 14.6 Å². The van der Waals surface area contributed by atoms with Crippen LogP contribution in [0.3, 0.4) is 0 Å². The van der Waals surface area contributed by atoms with Crippen molar-refractivity contribution in [1.82, 2.24) is 0 Å². The van der Waals surface area contributed by atoms with Gasteiger partial charge in [0.05, 0.1) is 22.2 Å². The van der Waals surface area contributed by atoms with E-state index in [0.29, 0.717) is 17.3 Å². The molecule has 0 fully saturated rings. The highest BCUT2D eigenvalue weighted by Gasteiger charge is 2.17. The van der Waals surface area contributed by atoms with Gasteiger partial charge in [-0.3, -0.25) is 0 Å². The maximum Gasteiger partial charge on any atom is 0.206 e. The van der Waals surface area contributed by atoms with Gasteiger partial charge in [-0.05, 0) is 55.5 Å². The van der Waals surface area contributed by atoms with E-state index in [2.05, 4.69) is 6.58 Å². The average Bonchev–Trinajstić information content (AvgIpc) is 2.53. The number of hydrogen-bond acceptors (Lipinski definition) is 5. The molecule has 2 aromatic carbocycles. The smallest absolute Gasteiger partial charge is 0.206 e. The summed E-state index contributed by atoms with van der Waals surface area (Å²) in [6.45, 7) is 5.41. The molecule has 0 bridgehead atoms. The molecule has 2 aromatic rings. The van der Waals surface area contributed by atoms with Crippen molar-refractivity contribution in [2.45, 2.75) is 16.7 Å². The highest BCUT2D eigenvalue weighted by atomic mass is 32.2. The lowest BCUT2D eigenvalue weighted by Crippen LogP contribution is -2.04. The number of allylic oxidation sites excluding steroid dienone is 1. The Balaban J connectivity index is 2.22. The molecule has 0 amide bonds. The molecule has 6 heteroatoms. The summed E-state index contributed by atoms with van der Waals surface area (Å²) in [6.07, 6.45) is 0. The van der Waals surface area contributed by atoms with E-state index in [1.807, 2.05) is 0 Å². The van der Waals surface area contributed by atoms with Crippen molar-refractivity contribution >= 4 is 9.84 Å². The minimum Gasteiger partial charge on any atom is -0.491 e. The van der Waals surface area contributed by atoms with E-state index in [0.717, 1.165) is 0 Å². The Hall–Kier alpha value is -2.31. The Morgan fingerprint density at radius 3 is 1.91 bits per heavy atom. The third-order valence-corrected chi connectivity index (χ3v) is 4.71. The third kappa shape index (κ3) is 4.34. The van der Waals surface area contributed by atoms with Crippen molar-refractivity contribution in [3.05, 3.63) is 60.9 Å². The molecule has 0 saturated carbocycles. The molecular formula is C17H18O5S. The van der Waals surface area contributed by atoms with Gasteiger partial charge in [0.2, 0.25) is 9.84 Å². The lowest BCUT2D eigenvalue weighted by Gasteiger charge is -2.08. The molecule has 0 radical (unpaired) electrons. The normalized spacial score (nSPS) is 11.0. The summed E-state index contributed by atoms with van der Waals surface area (Å²) in [6, 6.07) is 12.2. The van der Waals surface area contributed by atoms with Crippen molar-refractivity contribution in [2.75, 3.05) is 13.2 Å². The fourth-order valence-corrected chi connectivity index (χ4v) is 3.16. The largest absolute Gasteiger partial charge is 0.491 e. The van der Waals surface area contributed by atoms with Crippen LogP contribution in [0.5, 0.6) is 11.5 Å². The van der Waals surface area contributed by atoms with Crippen LogP contribution in [0.1, 0.15) is 6.92 Å². The molecular weight excluding hydrogens is 316 g/mol. The summed E-state index contributed by atoms with van der Waals surface area (Å²) in [7, 11) is -3.60. The topological polar surface area (TPSA) is 72.8 Å². The summed E-state index contributed by atoms with van der Waals surface area (Å²) in [5.41, 5.74) is 0. The minimum absolute atomic E-state index is 0.0986. The van der Waals surface area contributed by atoms with Gasteiger partial charge in [0, 0.05) is 0 Å². The van der Waals surface area contributed by atoms with Crippen LogP contribution >= 0.6 is 0 Å². The number of ether oxygens (including phenoxy) is 2. The highest BCUT2D eigenvalue weighted by molar-refractivity contribution is 7.91. The molecule has 0 spiro atoms. The predicted octanol–water partition coefficient (Wildman–Crippen LogP) is 2.80. The van der Waals surface area contributed by atoms with Gasteiger partial charge >= 0.3 is 0 Å². The van der Waals surface area contributed by atoms with Crippen molar-refractivity contribution in [1.29, 1.82) is 0 Å². The second-order valence-corrected chi connectivity index (χ2v) is 6.77. The first-order valence-electron chi connectivity index (χ1n) is 6.96. The quantitative estimate of drug-likeness (QED) is 0.788. The molecule has 2 rings (SSSR count). The number of hydrogen-bond donors (Lipinski definition) is 1. The van der Waals surface area contributed by atoms with E-state index in [1.54, 1.807) is 31.2 Å². The van der Waals surface area contributed by atoms with E-state index in [1.165, 1.54) is 24.3 Å². The van der Waals surface area contributed by atoms with E-state index in [-0.39, 0.29) is 23.0 Å². The molecule has 0 heterocycles. The Morgan fingerprint density at radius 2 is 1.48 bits per heavy atom. The zero-order valence-electron chi connectivity index (χ0n) is 12.7. The standard InChI is InChI=1S/C17H18O5S/c1-13(2)22-15-5-9-17(10-6-15)23(19,20)16-7-3-14(4-8-16)21-12-11-18/h3-10,18H,1,11-12H2,2H3. The lowest BCUT2D eigenvalue weighted by atomic mass is 10.3. The van der Waals surface area contributed by atoms with Crippen LogP contribution in [0.15, 0.2) is 70.7 Å². The minimum atomic E-state index is -3.60. The van der Waals surface area contributed by atoms with Crippen LogP contribution in [0.25, 0.3) is 0 Å². The molecule has 0 aromatic heterocycles. The lowest BCUT2D eigenvalue weighted by molar-refractivity contribution is 0.201. The Bertz CT molecular complexity index is 762. The van der Waals surface area contributed by atoms with Crippen LogP contribution < -0.4 is 9.47 Å². The van der Waals surface area contributed by atoms with Crippen molar-refractivity contribution in [3.8, 4) is 11.5 Å². The van der Waals surface area contributed by atoms with Crippen LogP contribution in [-0.2, 0) is 9.84 Å². The van der Waals surface area contributed by atoms with Crippen molar-refractivity contribution in [3.63, 3.8) is 0 Å². The summed E-state index contributed by atoms with van der Waals surface area (Å²) in [4.78, 5) is 0.345. The van der Waals surface area contributed by atoms with Crippen molar-refractivity contribution in [2.24, 2.45) is 0 Å². The maximum atomic E-state index is 12.6. The highest BCUT2D eigenvalue weighted by Crippen LogP contribution is 2.25. The average molecular weight is 334 g/mol. The monoisotopic (exact) mass is 334 g/mol. The molecule has 0 aliphatic heterocycles. The van der Waals surface area contributed by atoms with Gasteiger partial charge in [-0.1, -0.05) is 6.58 Å². The molecule has 1 N–H and O–H groups in total. The van der Waals surface area contributed by atoms with Gasteiger partial charge in [0.1, 0.15) is 18.1 Å². The molecule has 0 unspecified atom stereocenters. The van der Waals surface area contributed by atoms with Gasteiger partial charge < -0.3 is 14.6 Å². The Morgan fingerprint density at radius 1 is 1.00 bits per heavy atom. The van der Waals surface area contributed by atoms with Crippen molar-refractivity contribution < 1.29 is 23.0 Å². The summed E-state index contributed by atoms with van der Waals surface area (Å²) < 4.78 is 35.6. The number of aliphatic hydroxyl groups is 1. The molecule has 0 atom stereocenters. The SMILES string of the molecule is C=C(C)Oc1ccc(S(=O)(=O)c2ccc(OCCO)cc2)cc1. The second kappa shape index (κ2) is 7.30. The number of benzene rings is 2. The van der Waals surface area contributed by atoms with Crippen LogP contribution in [0.4, 0.5) is 0 Å².